The van der Waals surface area contributed by atoms with Crippen LogP contribution in [-0.4, -0.2) is 78.8 Å². The van der Waals surface area contributed by atoms with E-state index in [9.17, 15) is 19.2 Å². The summed E-state index contributed by atoms with van der Waals surface area (Å²) in [6.07, 6.45) is 3.56. The van der Waals surface area contributed by atoms with Crippen LogP contribution in [0.3, 0.4) is 0 Å². The number of amides is 4. The summed E-state index contributed by atoms with van der Waals surface area (Å²) in [6.45, 7) is 4.03. The molecule has 5 rings (SSSR count). The lowest BCUT2D eigenvalue weighted by molar-refractivity contribution is -0.132. The molecule has 0 atom stereocenters. The van der Waals surface area contributed by atoms with Crippen molar-refractivity contribution in [3.63, 3.8) is 0 Å². The van der Waals surface area contributed by atoms with Gasteiger partial charge in [-0.05, 0) is 67.4 Å². The number of fused-ring (bicyclic) bond motifs is 1. The topological polar surface area (TPSA) is 124 Å². The fourth-order valence-corrected chi connectivity index (χ4v) is 5.29. The third kappa shape index (κ3) is 6.33. The molecule has 0 bridgehead atoms. The molecule has 2 fully saturated rings. The lowest BCUT2D eigenvalue weighted by Crippen LogP contribution is -2.36. The summed E-state index contributed by atoms with van der Waals surface area (Å²) in [7, 11) is 0. The highest BCUT2D eigenvalue weighted by Gasteiger charge is 2.36. The van der Waals surface area contributed by atoms with Gasteiger partial charge in [0.1, 0.15) is 19.8 Å². The lowest BCUT2D eigenvalue weighted by Gasteiger charge is -2.19. The van der Waals surface area contributed by atoms with E-state index in [0.29, 0.717) is 54.1 Å². The van der Waals surface area contributed by atoms with Crippen LogP contribution in [0.2, 0.25) is 0 Å². The molecule has 0 saturated carbocycles. The van der Waals surface area contributed by atoms with Crippen LogP contribution in [0.1, 0.15) is 25.3 Å². The predicted molar refractivity (Wildman–Crippen MR) is 148 cm³/mol. The second-order valence-electron chi connectivity index (χ2n) is 9.19. The molecule has 4 amide bonds. The Morgan fingerprint density at radius 1 is 1.00 bits per heavy atom. The van der Waals surface area contributed by atoms with E-state index >= 15 is 0 Å². The molecule has 3 heterocycles. The van der Waals surface area contributed by atoms with E-state index < -0.39 is 23.6 Å². The zero-order valence-electron chi connectivity index (χ0n) is 22.0. The van der Waals surface area contributed by atoms with Gasteiger partial charge in [-0.15, -0.1) is 0 Å². The van der Waals surface area contributed by atoms with Gasteiger partial charge >= 0.3 is 0 Å². The molecule has 210 valence electrons. The van der Waals surface area contributed by atoms with Gasteiger partial charge in [0.15, 0.2) is 29.6 Å². The third-order valence-corrected chi connectivity index (χ3v) is 7.28. The molecule has 0 aromatic heterocycles. The summed E-state index contributed by atoms with van der Waals surface area (Å²) in [5, 5.41) is 2.14. The Balaban J connectivity index is 1.22. The number of imide groups is 1. The second kappa shape index (κ2) is 12.3. The fourth-order valence-electron chi connectivity index (χ4n) is 4.45. The smallest absolute Gasteiger partial charge is 0.294 e. The third-order valence-electron chi connectivity index (χ3n) is 6.38. The summed E-state index contributed by atoms with van der Waals surface area (Å²) in [5.74, 6) is 0.766. The van der Waals surface area contributed by atoms with Crippen molar-refractivity contribution in [3.8, 4) is 23.0 Å². The van der Waals surface area contributed by atoms with E-state index in [2.05, 4.69) is 5.32 Å². The maximum atomic E-state index is 13.0. The molecule has 40 heavy (non-hydrogen) atoms. The molecular weight excluding hydrogens is 538 g/mol. The van der Waals surface area contributed by atoms with Crippen LogP contribution in [0.5, 0.6) is 23.0 Å². The van der Waals surface area contributed by atoms with Crippen LogP contribution >= 0.6 is 11.8 Å². The van der Waals surface area contributed by atoms with Crippen LogP contribution in [0, 0.1) is 0 Å². The minimum absolute atomic E-state index is 0.0734. The molecule has 0 radical (unpaired) electrons. The maximum absolute atomic E-state index is 13.0. The largest absolute Gasteiger partial charge is 0.490 e. The summed E-state index contributed by atoms with van der Waals surface area (Å²) in [5.41, 5.74) is 1.07. The number of nitrogens with zero attached hydrogens (tertiary/aromatic N) is 2. The average molecular weight is 568 g/mol. The van der Waals surface area contributed by atoms with Crippen LogP contribution in [0.25, 0.3) is 6.08 Å². The van der Waals surface area contributed by atoms with E-state index in [1.54, 1.807) is 47.4 Å². The number of carbonyl (C=O) groups is 4. The zero-order valence-corrected chi connectivity index (χ0v) is 22.8. The van der Waals surface area contributed by atoms with Gasteiger partial charge in [0.2, 0.25) is 5.91 Å². The molecule has 2 aromatic carbocycles. The van der Waals surface area contributed by atoms with Crippen LogP contribution < -0.4 is 24.3 Å². The Morgan fingerprint density at radius 3 is 2.55 bits per heavy atom. The molecule has 3 aliphatic heterocycles. The SMILES string of the molecule is CCOc1cc(/C=C2\SC(=O)N(CC(=O)Nc3ccc4c(c3)OCCO4)C2=O)ccc1OCC(=O)N1CCCC1. The number of thioether (sulfide) groups is 1. The predicted octanol–water partition coefficient (Wildman–Crippen LogP) is 3.53. The minimum atomic E-state index is -0.568. The number of ether oxygens (including phenoxy) is 4. The van der Waals surface area contributed by atoms with E-state index in [0.717, 1.165) is 42.6 Å². The molecule has 1 N–H and O–H groups in total. The number of rotatable bonds is 9. The molecule has 11 nitrogen and oxygen atoms in total. The molecular formula is C28H29N3O8S. The quantitative estimate of drug-likeness (QED) is 0.453. The number of carbonyl (C=O) groups excluding carboxylic acids is 4. The minimum Gasteiger partial charge on any atom is -0.490 e. The Kier molecular flexibility index (Phi) is 8.44. The van der Waals surface area contributed by atoms with Crippen molar-refractivity contribution >= 4 is 46.5 Å². The molecule has 0 aliphatic carbocycles. The second-order valence-corrected chi connectivity index (χ2v) is 10.2. The standard InChI is InChI=1S/C28H29N3O8S/c1-2-36-22-13-18(5-7-21(22)39-17-26(33)30-9-3-4-10-30)14-24-27(34)31(28(35)40-24)16-25(32)29-19-6-8-20-23(15-19)38-12-11-37-20/h5-8,13-15H,2-4,9-12,16-17H2,1H3,(H,29,32)/b24-14-. The van der Waals surface area contributed by atoms with Crippen molar-refractivity contribution in [2.45, 2.75) is 19.8 Å². The first-order chi connectivity index (χ1) is 19.4. The molecule has 2 aromatic rings. The highest BCUT2D eigenvalue weighted by molar-refractivity contribution is 8.18. The molecule has 0 spiro atoms. The first-order valence-corrected chi connectivity index (χ1v) is 13.8. The molecule has 0 unspecified atom stereocenters. The average Bonchev–Trinajstić information content (AvgIpc) is 3.58. The first-order valence-electron chi connectivity index (χ1n) is 13.0. The number of benzene rings is 2. The van der Waals surface area contributed by atoms with Crippen LogP contribution in [0.15, 0.2) is 41.3 Å². The Labute approximate surface area is 235 Å². The number of anilines is 1. The van der Waals surface area contributed by atoms with Gasteiger partial charge in [-0.1, -0.05) is 6.07 Å². The molecule has 3 aliphatic rings. The number of hydrogen-bond acceptors (Lipinski definition) is 9. The van der Waals surface area contributed by atoms with Crippen molar-refractivity contribution in [2.75, 3.05) is 51.4 Å². The first kappa shape index (κ1) is 27.4. The zero-order chi connectivity index (χ0) is 28.1. The van der Waals surface area contributed by atoms with Gasteiger partial charge in [0.05, 0.1) is 11.5 Å². The molecule has 2 saturated heterocycles. The van der Waals surface area contributed by atoms with Crippen molar-refractivity contribution < 1.29 is 38.1 Å². The van der Waals surface area contributed by atoms with Gasteiger partial charge < -0.3 is 29.2 Å². The van der Waals surface area contributed by atoms with Gasteiger partial charge in [-0.2, -0.15) is 0 Å². The number of likely N-dealkylation sites (tertiary alicyclic amines) is 1. The van der Waals surface area contributed by atoms with Gasteiger partial charge in [0.25, 0.3) is 17.1 Å². The Bertz CT molecular complexity index is 1360. The van der Waals surface area contributed by atoms with Gasteiger partial charge in [-0.25, -0.2) is 0 Å². The molecule has 12 heteroatoms. The van der Waals surface area contributed by atoms with E-state index in [4.69, 9.17) is 18.9 Å². The Morgan fingerprint density at radius 2 is 1.77 bits per heavy atom. The highest BCUT2D eigenvalue weighted by atomic mass is 32.2. The fraction of sp³-hybridized carbons (Fsp3) is 0.357. The maximum Gasteiger partial charge on any atom is 0.294 e. The summed E-state index contributed by atoms with van der Waals surface area (Å²) >= 11 is 0.755. The lowest BCUT2D eigenvalue weighted by atomic mass is 10.2. The van der Waals surface area contributed by atoms with Crippen molar-refractivity contribution in [2.24, 2.45) is 0 Å². The van der Waals surface area contributed by atoms with E-state index in [1.807, 2.05) is 6.92 Å². The van der Waals surface area contributed by atoms with Crippen molar-refractivity contribution in [1.29, 1.82) is 0 Å². The van der Waals surface area contributed by atoms with Crippen LogP contribution in [-0.2, 0) is 14.4 Å². The normalized spacial score (nSPS) is 17.4. The van der Waals surface area contributed by atoms with Crippen molar-refractivity contribution in [3.05, 3.63) is 46.9 Å². The summed E-state index contributed by atoms with van der Waals surface area (Å²) < 4.78 is 22.4. The van der Waals surface area contributed by atoms with Gasteiger partial charge in [-0.3, -0.25) is 24.1 Å². The van der Waals surface area contributed by atoms with E-state index in [1.165, 1.54) is 0 Å². The Hall–Kier alpha value is -4.19. The van der Waals surface area contributed by atoms with Crippen LogP contribution in [0.4, 0.5) is 10.5 Å². The van der Waals surface area contributed by atoms with E-state index in [-0.39, 0.29) is 17.4 Å². The van der Waals surface area contributed by atoms with Crippen molar-refractivity contribution in [1.82, 2.24) is 9.80 Å². The number of nitrogens with one attached hydrogen (secondary N) is 1. The summed E-state index contributed by atoms with van der Waals surface area (Å²) in [6, 6.07) is 10.0. The highest BCUT2D eigenvalue weighted by Crippen LogP contribution is 2.35. The summed E-state index contributed by atoms with van der Waals surface area (Å²) in [4.78, 5) is 53.4. The number of hydrogen-bond donors (Lipinski definition) is 1. The monoisotopic (exact) mass is 567 g/mol. The van der Waals surface area contributed by atoms with Gasteiger partial charge in [0, 0.05) is 24.8 Å².